The Morgan fingerprint density at radius 1 is 1.39 bits per heavy atom. The second-order valence-electron chi connectivity index (χ2n) is 3.90. The van der Waals surface area contributed by atoms with E-state index in [1.807, 2.05) is 13.1 Å². The van der Waals surface area contributed by atoms with Crippen molar-refractivity contribution in [1.82, 2.24) is 25.2 Å². The topological polar surface area (TPSA) is 85.7 Å². The minimum atomic E-state index is -0.459. The van der Waals surface area contributed by atoms with E-state index in [4.69, 9.17) is 4.74 Å². The molecule has 7 heteroatoms. The Bertz CT molecular complexity index is 742. The van der Waals surface area contributed by atoms with Crippen molar-refractivity contribution in [3.63, 3.8) is 0 Å². The quantitative estimate of drug-likeness (QED) is 0.681. The molecule has 92 valence electrons. The maximum Gasteiger partial charge on any atom is 0.359 e. The zero-order valence-electron chi connectivity index (χ0n) is 9.97. The van der Waals surface area contributed by atoms with Crippen LogP contribution in [0.2, 0.25) is 0 Å². The summed E-state index contributed by atoms with van der Waals surface area (Å²) < 4.78 is 6.71. The smallest absolute Gasteiger partial charge is 0.359 e. The summed E-state index contributed by atoms with van der Waals surface area (Å²) in [6.07, 6.45) is 0. The van der Waals surface area contributed by atoms with E-state index in [9.17, 15) is 4.79 Å². The van der Waals surface area contributed by atoms with Gasteiger partial charge in [-0.3, -0.25) is 4.68 Å². The van der Waals surface area contributed by atoms with Crippen molar-refractivity contribution in [2.24, 2.45) is 7.05 Å². The van der Waals surface area contributed by atoms with Crippen molar-refractivity contribution < 1.29 is 9.53 Å². The zero-order valence-corrected chi connectivity index (χ0v) is 9.97. The molecule has 7 nitrogen and oxygen atoms in total. The van der Waals surface area contributed by atoms with E-state index in [-0.39, 0.29) is 5.69 Å². The van der Waals surface area contributed by atoms with Crippen LogP contribution in [0.25, 0.3) is 21.9 Å². The van der Waals surface area contributed by atoms with Gasteiger partial charge in [0.2, 0.25) is 0 Å². The van der Waals surface area contributed by atoms with Crippen LogP contribution in [0.5, 0.6) is 0 Å². The molecule has 0 atom stereocenters. The van der Waals surface area contributed by atoms with Gasteiger partial charge in [0.25, 0.3) is 0 Å². The standard InChI is InChI=1S/C11H11N5O2/c1-3-18-11(17)10-6-4-8-9(16(2)15-13-8)5-7(6)12-14-10/h4-5,15H,3H2,1-2H3. The summed E-state index contributed by atoms with van der Waals surface area (Å²) in [6, 6.07) is 3.62. The molecule has 0 unspecified atom stereocenters. The van der Waals surface area contributed by atoms with Crippen LogP contribution < -0.4 is 0 Å². The third-order valence-electron chi connectivity index (χ3n) is 2.76. The number of hydrogen-bond donors (Lipinski definition) is 1. The number of aryl methyl sites for hydroxylation is 1. The van der Waals surface area contributed by atoms with Crippen LogP contribution in [0.3, 0.4) is 0 Å². The van der Waals surface area contributed by atoms with Gasteiger partial charge in [0.1, 0.15) is 5.52 Å². The highest BCUT2D eigenvalue weighted by molar-refractivity contribution is 6.05. The predicted molar refractivity (Wildman–Crippen MR) is 64.1 cm³/mol. The number of hydrogen-bond acceptors (Lipinski definition) is 5. The van der Waals surface area contributed by atoms with Crippen LogP contribution >= 0.6 is 0 Å². The van der Waals surface area contributed by atoms with Crippen LogP contribution in [0.4, 0.5) is 0 Å². The number of esters is 1. The van der Waals surface area contributed by atoms with Crippen LogP contribution in [-0.4, -0.2) is 37.8 Å². The van der Waals surface area contributed by atoms with Gasteiger partial charge in [-0.1, -0.05) is 0 Å². The van der Waals surface area contributed by atoms with E-state index in [0.29, 0.717) is 17.5 Å². The minimum Gasteiger partial charge on any atom is -0.461 e. The van der Waals surface area contributed by atoms with Crippen LogP contribution in [0.1, 0.15) is 17.4 Å². The van der Waals surface area contributed by atoms with Gasteiger partial charge in [0, 0.05) is 12.4 Å². The number of fused-ring (bicyclic) bond motifs is 2. The third-order valence-corrected chi connectivity index (χ3v) is 2.76. The average molecular weight is 245 g/mol. The maximum absolute atomic E-state index is 11.7. The van der Waals surface area contributed by atoms with E-state index in [0.717, 1.165) is 11.0 Å². The third kappa shape index (κ3) is 1.44. The number of aromatic amines is 1. The molecule has 0 saturated carbocycles. The zero-order chi connectivity index (χ0) is 12.7. The lowest BCUT2D eigenvalue weighted by Crippen LogP contribution is -2.05. The molecule has 18 heavy (non-hydrogen) atoms. The molecular weight excluding hydrogens is 234 g/mol. The summed E-state index contributed by atoms with van der Waals surface area (Å²) in [5, 5.41) is 15.5. The van der Waals surface area contributed by atoms with E-state index >= 15 is 0 Å². The molecule has 0 radical (unpaired) electrons. The Kier molecular flexibility index (Phi) is 2.26. The van der Waals surface area contributed by atoms with Gasteiger partial charge in [-0.05, 0) is 19.1 Å². The number of ether oxygens (including phenoxy) is 1. The number of aromatic nitrogens is 5. The first-order valence-electron chi connectivity index (χ1n) is 5.55. The van der Waals surface area contributed by atoms with Crippen molar-refractivity contribution in [3.8, 4) is 0 Å². The minimum absolute atomic E-state index is 0.236. The largest absolute Gasteiger partial charge is 0.461 e. The van der Waals surface area contributed by atoms with E-state index in [2.05, 4.69) is 20.5 Å². The lowest BCUT2D eigenvalue weighted by atomic mass is 10.2. The van der Waals surface area contributed by atoms with Gasteiger partial charge in [-0.2, -0.15) is 5.10 Å². The summed E-state index contributed by atoms with van der Waals surface area (Å²) in [7, 11) is 1.85. The van der Waals surface area contributed by atoms with Crippen molar-refractivity contribution in [2.75, 3.05) is 6.61 Å². The fourth-order valence-electron chi connectivity index (χ4n) is 1.89. The van der Waals surface area contributed by atoms with Gasteiger partial charge in [0.05, 0.1) is 17.6 Å². The second kappa shape index (κ2) is 3.80. The molecule has 2 heterocycles. The number of benzene rings is 1. The van der Waals surface area contributed by atoms with Crippen molar-refractivity contribution >= 4 is 27.9 Å². The molecule has 0 aliphatic carbocycles. The second-order valence-corrected chi connectivity index (χ2v) is 3.90. The molecule has 0 fully saturated rings. The Morgan fingerprint density at radius 3 is 3.00 bits per heavy atom. The molecule has 0 bridgehead atoms. The molecule has 2 aromatic heterocycles. The van der Waals surface area contributed by atoms with Crippen molar-refractivity contribution in [3.05, 3.63) is 17.8 Å². The molecule has 1 aromatic carbocycles. The lowest BCUT2D eigenvalue weighted by molar-refractivity contribution is 0.0521. The Balaban J connectivity index is 2.24. The molecule has 0 spiro atoms. The highest BCUT2D eigenvalue weighted by Gasteiger charge is 2.17. The number of carbonyl (C=O) groups is 1. The van der Waals surface area contributed by atoms with Gasteiger partial charge in [0.15, 0.2) is 5.69 Å². The van der Waals surface area contributed by atoms with E-state index in [1.54, 1.807) is 17.7 Å². The number of nitrogens with zero attached hydrogens (tertiary/aromatic N) is 4. The Morgan fingerprint density at radius 2 is 2.22 bits per heavy atom. The average Bonchev–Trinajstić information content (AvgIpc) is 2.92. The van der Waals surface area contributed by atoms with Crippen LogP contribution in [0, 0.1) is 0 Å². The van der Waals surface area contributed by atoms with E-state index in [1.165, 1.54) is 0 Å². The number of nitrogens with one attached hydrogen (secondary N) is 1. The lowest BCUT2D eigenvalue weighted by Gasteiger charge is -1.98. The number of carbonyl (C=O) groups excluding carboxylic acids is 1. The SMILES string of the molecule is CCOC(=O)c1nnc2cc3c(cc12)n[nH]n3C. The highest BCUT2D eigenvalue weighted by atomic mass is 16.5. The molecule has 0 aliphatic heterocycles. The molecule has 3 aromatic rings. The summed E-state index contributed by atoms with van der Waals surface area (Å²) in [6.45, 7) is 2.06. The van der Waals surface area contributed by atoms with Gasteiger partial charge in [-0.25, -0.2) is 10.0 Å². The highest BCUT2D eigenvalue weighted by Crippen LogP contribution is 2.22. The predicted octanol–water partition coefficient (Wildman–Crippen LogP) is 1.02. The first kappa shape index (κ1) is 10.7. The Hall–Kier alpha value is -2.44. The number of H-pyrrole nitrogens is 1. The molecular formula is C11H11N5O2. The molecule has 0 saturated heterocycles. The van der Waals surface area contributed by atoms with Crippen molar-refractivity contribution in [2.45, 2.75) is 6.92 Å². The summed E-state index contributed by atoms with van der Waals surface area (Å²) >= 11 is 0. The van der Waals surface area contributed by atoms with Crippen LogP contribution in [-0.2, 0) is 11.8 Å². The fraction of sp³-hybridized carbons (Fsp3) is 0.273. The monoisotopic (exact) mass is 245 g/mol. The van der Waals surface area contributed by atoms with E-state index < -0.39 is 5.97 Å². The summed E-state index contributed by atoms with van der Waals surface area (Å²) in [5.41, 5.74) is 2.55. The normalized spacial score (nSPS) is 11.2. The first-order chi connectivity index (χ1) is 8.70. The summed E-state index contributed by atoms with van der Waals surface area (Å²) in [5.74, 6) is -0.459. The van der Waals surface area contributed by atoms with Crippen LogP contribution in [0.15, 0.2) is 12.1 Å². The summed E-state index contributed by atoms with van der Waals surface area (Å²) in [4.78, 5) is 11.7. The molecule has 0 amide bonds. The molecule has 0 aliphatic rings. The Labute approximate surface area is 102 Å². The van der Waals surface area contributed by atoms with Gasteiger partial charge < -0.3 is 4.74 Å². The van der Waals surface area contributed by atoms with Crippen molar-refractivity contribution in [1.29, 1.82) is 0 Å². The van der Waals surface area contributed by atoms with Gasteiger partial charge >= 0.3 is 5.97 Å². The first-order valence-corrected chi connectivity index (χ1v) is 5.55. The molecule has 1 N–H and O–H groups in total. The molecule has 3 rings (SSSR count). The fourth-order valence-corrected chi connectivity index (χ4v) is 1.89. The maximum atomic E-state index is 11.7. The van der Waals surface area contributed by atoms with Gasteiger partial charge in [-0.15, -0.1) is 10.2 Å². The number of rotatable bonds is 2.